The van der Waals surface area contributed by atoms with Crippen molar-refractivity contribution in [3.63, 3.8) is 0 Å². The van der Waals surface area contributed by atoms with Gasteiger partial charge in [0.15, 0.2) is 4.98 Å². The summed E-state index contributed by atoms with van der Waals surface area (Å²) in [6.07, 6.45) is 0. The largest absolute Gasteiger partial charge is 0.489 e. The van der Waals surface area contributed by atoms with E-state index in [1.54, 1.807) is 17.7 Å². The van der Waals surface area contributed by atoms with Crippen molar-refractivity contribution in [2.75, 3.05) is 0 Å². The summed E-state index contributed by atoms with van der Waals surface area (Å²) in [6.45, 7) is 0. The Balaban J connectivity index is 3.00. The number of hydrogen-bond donors (Lipinski definition) is 1. The van der Waals surface area contributed by atoms with Gasteiger partial charge in [0.1, 0.15) is 0 Å². The molecule has 2 aromatic rings. The summed E-state index contributed by atoms with van der Waals surface area (Å²) < 4.78 is 1.57. The first-order valence-electron chi connectivity index (χ1n) is 3.87. The number of hydrogen-bond acceptors (Lipinski definition) is 2. The average molecular weight is 174 g/mol. The molecule has 1 N–H and O–H groups in total. The van der Waals surface area contributed by atoms with Gasteiger partial charge < -0.3 is 9.67 Å². The number of aryl methyl sites for hydroxylation is 1. The Labute approximate surface area is 74.7 Å². The molecule has 13 heavy (non-hydrogen) atoms. The van der Waals surface area contributed by atoms with Crippen LogP contribution in [0, 0.1) is 5.39 Å². The molecule has 0 aliphatic carbocycles. The van der Waals surface area contributed by atoms with Crippen LogP contribution in [0.3, 0.4) is 0 Å². The normalized spacial score (nSPS) is 10.2. The molecule has 0 radical (unpaired) electrons. The molecule has 1 aromatic heterocycles. The van der Waals surface area contributed by atoms with Crippen molar-refractivity contribution in [3.05, 3.63) is 29.2 Å². The maximum Gasteiger partial charge on any atom is 0.453 e. The first-order chi connectivity index (χ1) is 6.25. The molecule has 0 saturated carbocycles. The second kappa shape index (κ2) is 2.49. The lowest BCUT2D eigenvalue weighted by molar-refractivity contribution is 0.438. The number of aromatic hydroxyl groups is 1. The molecule has 0 aliphatic heterocycles. The number of fused-ring (bicyclic) bond motifs is 1. The fraction of sp³-hybridized carbons (Fsp3) is 0.111. The minimum absolute atomic E-state index is 0.0244. The summed E-state index contributed by atoms with van der Waals surface area (Å²) in [4.78, 5) is 3.05. The van der Waals surface area contributed by atoms with E-state index in [2.05, 4.69) is 4.98 Å². The fourth-order valence-electron chi connectivity index (χ4n) is 1.46. The standard InChI is InChI=1S/C9H7N3O/c1-12-7-5-3-2-4-6(7)8(11-10)9(12)13/h2-5H,1H3/p+1. The first kappa shape index (κ1) is 7.62. The van der Waals surface area contributed by atoms with Crippen LogP contribution in [-0.2, 0) is 7.05 Å². The van der Waals surface area contributed by atoms with Crippen molar-refractivity contribution in [2.45, 2.75) is 0 Å². The number of aromatic nitrogens is 1. The molecule has 0 atom stereocenters. The molecule has 1 aromatic carbocycles. The third-order valence-electron chi connectivity index (χ3n) is 2.15. The molecule has 0 saturated heterocycles. The van der Waals surface area contributed by atoms with E-state index in [0.717, 1.165) is 10.9 Å². The van der Waals surface area contributed by atoms with E-state index in [-0.39, 0.29) is 11.6 Å². The van der Waals surface area contributed by atoms with Gasteiger partial charge in [-0.05, 0) is 12.1 Å². The molecule has 4 heteroatoms. The van der Waals surface area contributed by atoms with Gasteiger partial charge in [-0.1, -0.05) is 12.1 Å². The van der Waals surface area contributed by atoms with Crippen LogP contribution in [0.25, 0.3) is 15.9 Å². The molecular formula is C9H8N3O+. The lowest BCUT2D eigenvalue weighted by atomic mass is 10.2. The monoisotopic (exact) mass is 174 g/mol. The van der Waals surface area contributed by atoms with E-state index in [4.69, 9.17) is 5.39 Å². The molecule has 64 valence electrons. The van der Waals surface area contributed by atoms with Crippen LogP contribution in [0.5, 0.6) is 5.88 Å². The van der Waals surface area contributed by atoms with Gasteiger partial charge in [-0.3, -0.25) is 0 Å². The van der Waals surface area contributed by atoms with E-state index in [0.29, 0.717) is 0 Å². The zero-order valence-corrected chi connectivity index (χ0v) is 7.10. The summed E-state index contributed by atoms with van der Waals surface area (Å²) >= 11 is 0. The second-order valence-electron chi connectivity index (χ2n) is 2.85. The second-order valence-corrected chi connectivity index (χ2v) is 2.85. The third-order valence-corrected chi connectivity index (χ3v) is 2.15. The molecule has 1 heterocycles. The molecule has 4 nitrogen and oxygen atoms in total. The van der Waals surface area contributed by atoms with Crippen molar-refractivity contribution >= 4 is 16.6 Å². The maximum absolute atomic E-state index is 9.53. The van der Waals surface area contributed by atoms with Crippen LogP contribution in [0.15, 0.2) is 24.3 Å². The summed E-state index contributed by atoms with van der Waals surface area (Å²) in [5.74, 6) is -0.0244. The van der Waals surface area contributed by atoms with E-state index in [1.807, 2.05) is 18.2 Å². The van der Waals surface area contributed by atoms with Crippen LogP contribution >= 0.6 is 0 Å². The molecule has 0 spiro atoms. The Morgan fingerprint density at radius 1 is 1.38 bits per heavy atom. The number of benzene rings is 1. The number of nitrogens with zero attached hydrogens (tertiary/aromatic N) is 3. The van der Waals surface area contributed by atoms with Crippen molar-refractivity contribution in [2.24, 2.45) is 7.05 Å². The van der Waals surface area contributed by atoms with E-state index < -0.39 is 0 Å². The first-order valence-corrected chi connectivity index (χ1v) is 3.87. The molecule has 0 unspecified atom stereocenters. The predicted molar refractivity (Wildman–Crippen MR) is 49.3 cm³/mol. The van der Waals surface area contributed by atoms with E-state index >= 15 is 0 Å². The van der Waals surface area contributed by atoms with Crippen LogP contribution in [-0.4, -0.2) is 9.67 Å². The minimum Gasteiger partial charge on any atom is -0.489 e. The van der Waals surface area contributed by atoms with Crippen molar-refractivity contribution in [3.8, 4) is 5.88 Å². The number of rotatable bonds is 0. The molecular weight excluding hydrogens is 166 g/mol. The molecule has 0 bridgehead atoms. The highest BCUT2D eigenvalue weighted by molar-refractivity contribution is 5.96. The average Bonchev–Trinajstić information content (AvgIpc) is 2.41. The SMILES string of the molecule is Cn1c(O)c([N+]#N)c2ccccc21. The number of diazo groups is 1. The van der Waals surface area contributed by atoms with Crippen molar-refractivity contribution in [1.82, 2.24) is 4.57 Å². The molecule has 0 amide bonds. The Hall–Kier alpha value is -2.02. The van der Waals surface area contributed by atoms with Crippen LogP contribution in [0.1, 0.15) is 0 Å². The van der Waals surface area contributed by atoms with Gasteiger partial charge in [-0.25, -0.2) is 0 Å². The molecule has 0 fully saturated rings. The zero-order valence-electron chi connectivity index (χ0n) is 7.10. The van der Waals surface area contributed by atoms with Crippen molar-refractivity contribution in [1.29, 1.82) is 5.39 Å². The highest BCUT2D eigenvalue weighted by Crippen LogP contribution is 2.37. The quantitative estimate of drug-likeness (QED) is 0.623. The van der Waals surface area contributed by atoms with Gasteiger partial charge in [0.25, 0.3) is 5.88 Å². The Bertz CT molecular complexity index is 507. The van der Waals surface area contributed by atoms with Gasteiger partial charge in [0.2, 0.25) is 5.39 Å². The Morgan fingerprint density at radius 3 is 2.77 bits per heavy atom. The summed E-state index contributed by atoms with van der Waals surface area (Å²) in [5, 5.41) is 19.0. The van der Waals surface area contributed by atoms with Gasteiger partial charge >= 0.3 is 5.69 Å². The lowest BCUT2D eigenvalue weighted by Gasteiger charge is -1.92. The third kappa shape index (κ3) is 0.873. The predicted octanol–water partition coefficient (Wildman–Crippen LogP) is 2.37. The van der Waals surface area contributed by atoms with Gasteiger partial charge in [0, 0.05) is 7.05 Å². The fourth-order valence-corrected chi connectivity index (χ4v) is 1.46. The molecule has 0 aliphatic rings. The highest BCUT2D eigenvalue weighted by Gasteiger charge is 2.24. The minimum atomic E-state index is -0.0244. The van der Waals surface area contributed by atoms with Gasteiger partial charge in [-0.15, -0.1) is 0 Å². The van der Waals surface area contributed by atoms with E-state index in [1.165, 1.54) is 0 Å². The number of para-hydroxylation sites is 1. The molecule has 2 rings (SSSR count). The summed E-state index contributed by atoms with van der Waals surface area (Å²) in [7, 11) is 1.71. The zero-order chi connectivity index (χ0) is 9.42. The van der Waals surface area contributed by atoms with Crippen LogP contribution < -0.4 is 0 Å². The maximum atomic E-state index is 9.53. The lowest BCUT2D eigenvalue weighted by Crippen LogP contribution is -1.84. The van der Waals surface area contributed by atoms with Crippen molar-refractivity contribution < 1.29 is 5.11 Å². The topological polar surface area (TPSA) is 53.3 Å². The Kier molecular flexibility index (Phi) is 1.46. The summed E-state index contributed by atoms with van der Waals surface area (Å²) in [6, 6.07) is 7.34. The smallest absolute Gasteiger partial charge is 0.453 e. The Morgan fingerprint density at radius 2 is 2.08 bits per heavy atom. The van der Waals surface area contributed by atoms with Crippen LogP contribution in [0.4, 0.5) is 5.69 Å². The summed E-state index contributed by atoms with van der Waals surface area (Å²) in [5.41, 5.74) is 1.06. The van der Waals surface area contributed by atoms with Gasteiger partial charge in [0.05, 0.1) is 10.9 Å². The van der Waals surface area contributed by atoms with E-state index in [9.17, 15) is 5.11 Å². The van der Waals surface area contributed by atoms with Gasteiger partial charge in [-0.2, -0.15) is 0 Å². The highest BCUT2D eigenvalue weighted by atomic mass is 16.3. The van der Waals surface area contributed by atoms with Crippen LogP contribution in [0.2, 0.25) is 0 Å².